The fourth-order valence-electron chi connectivity index (χ4n) is 2.61. The zero-order chi connectivity index (χ0) is 13.7. The summed E-state index contributed by atoms with van der Waals surface area (Å²) in [6, 6.07) is 6.09. The molecule has 0 saturated carbocycles. The number of hydrogen-bond donors (Lipinski definition) is 0. The van der Waals surface area contributed by atoms with E-state index in [0.717, 1.165) is 24.3 Å². The first-order valence-corrected chi connectivity index (χ1v) is 6.81. The highest BCUT2D eigenvalue weighted by Crippen LogP contribution is 2.34. The highest BCUT2D eigenvalue weighted by Gasteiger charge is 2.15. The average Bonchev–Trinajstić information content (AvgIpc) is 2.47. The van der Waals surface area contributed by atoms with Crippen LogP contribution >= 0.6 is 0 Å². The van der Waals surface area contributed by atoms with Crippen LogP contribution in [0.5, 0.6) is 11.5 Å². The zero-order valence-corrected chi connectivity index (χ0v) is 12.0. The van der Waals surface area contributed by atoms with Crippen LogP contribution in [0, 0.1) is 5.92 Å². The average molecular weight is 258 g/mol. The van der Waals surface area contributed by atoms with Crippen molar-refractivity contribution < 1.29 is 9.47 Å². The van der Waals surface area contributed by atoms with Crippen molar-refractivity contribution in [2.75, 3.05) is 14.2 Å². The number of benzene rings is 1. The van der Waals surface area contributed by atoms with Gasteiger partial charge in [-0.15, -0.1) is 0 Å². The Morgan fingerprint density at radius 3 is 2.68 bits per heavy atom. The quantitative estimate of drug-likeness (QED) is 0.789. The predicted octanol–water partition coefficient (Wildman–Crippen LogP) is 4.16. The second-order valence-corrected chi connectivity index (χ2v) is 4.97. The molecule has 0 saturated heterocycles. The van der Waals surface area contributed by atoms with Crippen molar-refractivity contribution in [1.82, 2.24) is 0 Å². The maximum absolute atomic E-state index is 5.50. The Bertz CT molecular complexity index is 486. The second kappa shape index (κ2) is 6.46. The van der Waals surface area contributed by atoms with E-state index in [1.165, 1.54) is 17.6 Å². The number of hydrogen-bond acceptors (Lipinski definition) is 2. The maximum Gasteiger partial charge on any atom is 0.163 e. The molecule has 1 atom stereocenters. The van der Waals surface area contributed by atoms with Crippen molar-refractivity contribution in [3.63, 3.8) is 0 Å². The minimum atomic E-state index is 0.533. The van der Waals surface area contributed by atoms with Crippen LogP contribution in [0.1, 0.15) is 25.3 Å². The van der Waals surface area contributed by atoms with E-state index in [-0.39, 0.29) is 0 Å². The molecule has 2 heteroatoms. The normalized spacial score (nSPS) is 15.8. The van der Waals surface area contributed by atoms with Gasteiger partial charge in [0.15, 0.2) is 11.5 Å². The summed E-state index contributed by atoms with van der Waals surface area (Å²) in [6.45, 7) is 2.28. The molecule has 0 heterocycles. The molecule has 1 aromatic carbocycles. The molecular weight excluding hydrogens is 236 g/mol. The first-order chi connectivity index (χ1) is 9.26. The largest absolute Gasteiger partial charge is 0.493 e. The Balaban J connectivity index is 2.18. The van der Waals surface area contributed by atoms with Gasteiger partial charge in [-0.3, -0.25) is 0 Å². The van der Waals surface area contributed by atoms with Gasteiger partial charge in [0.1, 0.15) is 0 Å². The van der Waals surface area contributed by atoms with Crippen LogP contribution in [0.15, 0.2) is 42.0 Å². The minimum absolute atomic E-state index is 0.533. The third kappa shape index (κ3) is 3.19. The smallest absolute Gasteiger partial charge is 0.163 e. The zero-order valence-electron chi connectivity index (χ0n) is 12.0. The third-order valence-electron chi connectivity index (χ3n) is 3.69. The summed E-state index contributed by atoms with van der Waals surface area (Å²) in [5.74, 6) is 2.21. The summed E-state index contributed by atoms with van der Waals surface area (Å²) in [7, 11) is 3.38. The summed E-state index contributed by atoms with van der Waals surface area (Å²) < 4.78 is 10.9. The first-order valence-electron chi connectivity index (χ1n) is 6.81. The van der Waals surface area contributed by atoms with E-state index in [4.69, 9.17) is 9.47 Å². The summed E-state index contributed by atoms with van der Waals surface area (Å²) in [5.41, 5.74) is 2.73. The molecule has 0 aromatic heterocycles. The van der Waals surface area contributed by atoms with E-state index in [2.05, 4.69) is 31.2 Å². The van der Waals surface area contributed by atoms with E-state index < -0.39 is 0 Å². The maximum atomic E-state index is 5.50. The van der Waals surface area contributed by atoms with Gasteiger partial charge in [0.25, 0.3) is 0 Å². The van der Waals surface area contributed by atoms with E-state index >= 15 is 0 Å². The van der Waals surface area contributed by atoms with Gasteiger partial charge in [0.2, 0.25) is 0 Å². The van der Waals surface area contributed by atoms with Gasteiger partial charge >= 0.3 is 0 Å². The van der Waals surface area contributed by atoms with Crippen molar-refractivity contribution in [2.24, 2.45) is 5.92 Å². The molecule has 1 unspecified atom stereocenters. The molecule has 2 rings (SSSR count). The van der Waals surface area contributed by atoms with Crippen LogP contribution in [0.4, 0.5) is 0 Å². The van der Waals surface area contributed by atoms with E-state index in [0.29, 0.717) is 5.92 Å². The van der Waals surface area contributed by atoms with Crippen molar-refractivity contribution in [1.29, 1.82) is 0 Å². The van der Waals surface area contributed by atoms with Crippen molar-refractivity contribution in [3.8, 4) is 11.5 Å². The molecule has 1 aliphatic rings. The van der Waals surface area contributed by atoms with E-state index in [1.807, 2.05) is 12.1 Å². The number of methoxy groups -OCH3 is 2. The fraction of sp³-hybridized carbons (Fsp3) is 0.412. The van der Waals surface area contributed by atoms with Crippen LogP contribution in [-0.2, 0) is 6.42 Å². The summed E-state index contributed by atoms with van der Waals surface area (Å²) >= 11 is 0. The van der Waals surface area contributed by atoms with E-state index in [9.17, 15) is 0 Å². The lowest BCUT2D eigenvalue weighted by molar-refractivity contribution is 0.350. The van der Waals surface area contributed by atoms with Gasteiger partial charge in [0, 0.05) is 0 Å². The van der Waals surface area contributed by atoms with Crippen LogP contribution in [-0.4, -0.2) is 14.2 Å². The number of para-hydroxylation sites is 1. The number of rotatable bonds is 5. The molecule has 0 bridgehead atoms. The Morgan fingerprint density at radius 1 is 1.21 bits per heavy atom. The molecule has 1 aromatic rings. The van der Waals surface area contributed by atoms with Gasteiger partial charge in [-0.1, -0.05) is 42.9 Å². The van der Waals surface area contributed by atoms with Crippen molar-refractivity contribution in [3.05, 3.63) is 47.6 Å². The molecule has 19 heavy (non-hydrogen) atoms. The van der Waals surface area contributed by atoms with Gasteiger partial charge in [-0.2, -0.15) is 0 Å². The molecule has 0 amide bonds. The molecular formula is C17H22O2. The standard InChI is InChI=1S/C17H22O2/c1-13(14-8-5-4-6-9-14)12-15-10-7-11-16(18-2)17(15)19-3/h4-5,7-8,10-11,13H,6,9,12H2,1-3H3. The second-order valence-electron chi connectivity index (χ2n) is 4.97. The minimum Gasteiger partial charge on any atom is -0.493 e. The van der Waals surface area contributed by atoms with Crippen LogP contribution in [0.2, 0.25) is 0 Å². The fourth-order valence-corrected chi connectivity index (χ4v) is 2.61. The summed E-state index contributed by atoms with van der Waals surface area (Å²) in [5, 5.41) is 0. The Labute approximate surface area is 115 Å². The number of allylic oxidation sites excluding steroid dienone is 4. The van der Waals surface area contributed by atoms with Gasteiger partial charge in [0.05, 0.1) is 14.2 Å². The molecule has 2 nitrogen and oxygen atoms in total. The van der Waals surface area contributed by atoms with E-state index in [1.54, 1.807) is 14.2 Å². The predicted molar refractivity (Wildman–Crippen MR) is 78.9 cm³/mol. The molecule has 102 valence electrons. The van der Waals surface area contributed by atoms with Crippen molar-refractivity contribution >= 4 is 0 Å². The number of ether oxygens (including phenoxy) is 2. The highest BCUT2D eigenvalue weighted by atomic mass is 16.5. The lowest BCUT2D eigenvalue weighted by Gasteiger charge is -2.19. The van der Waals surface area contributed by atoms with Gasteiger partial charge < -0.3 is 9.47 Å². The first kappa shape index (κ1) is 13.7. The lowest BCUT2D eigenvalue weighted by Crippen LogP contribution is -2.07. The molecule has 0 fully saturated rings. The van der Waals surface area contributed by atoms with Crippen LogP contribution in [0.25, 0.3) is 0 Å². The monoisotopic (exact) mass is 258 g/mol. The molecule has 0 aliphatic heterocycles. The third-order valence-corrected chi connectivity index (χ3v) is 3.69. The SMILES string of the molecule is COc1cccc(CC(C)C2=CC=CCC2)c1OC. The van der Waals surface area contributed by atoms with Crippen molar-refractivity contribution in [2.45, 2.75) is 26.2 Å². The highest BCUT2D eigenvalue weighted by molar-refractivity contribution is 5.47. The Kier molecular flexibility index (Phi) is 4.67. The molecule has 0 N–H and O–H groups in total. The topological polar surface area (TPSA) is 18.5 Å². The summed E-state index contributed by atoms with van der Waals surface area (Å²) in [4.78, 5) is 0. The summed E-state index contributed by atoms with van der Waals surface area (Å²) in [6.07, 6.45) is 9.96. The van der Waals surface area contributed by atoms with Crippen LogP contribution in [0.3, 0.4) is 0 Å². The van der Waals surface area contributed by atoms with Gasteiger partial charge in [-0.25, -0.2) is 0 Å². The van der Waals surface area contributed by atoms with Gasteiger partial charge in [-0.05, 0) is 36.8 Å². The van der Waals surface area contributed by atoms with Crippen LogP contribution < -0.4 is 9.47 Å². The lowest BCUT2D eigenvalue weighted by atomic mass is 9.88. The molecule has 1 aliphatic carbocycles. The Hall–Kier alpha value is -1.70. The molecule has 0 radical (unpaired) electrons. The molecule has 0 spiro atoms. The Morgan fingerprint density at radius 2 is 2.05 bits per heavy atom.